The van der Waals surface area contributed by atoms with Crippen LogP contribution < -0.4 is 10.6 Å². The maximum Gasteiger partial charge on any atom is 0.417 e. The molecule has 0 bridgehead atoms. The Morgan fingerprint density at radius 2 is 2.00 bits per heavy atom. The molecule has 23 heavy (non-hydrogen) atoms. The summed E-state index contributed by atoms with van der Waals surface area (Å²) >= 11 is 5.52. The predicted molar refractivity (Wildman–Crippen MR) is 81.9 cm³/mol. The van der Waals surface area contributed by atoms with Crippen molar-refractivity contribution in [2.75, 3.05) is 11.9 Å². The second-order valence-electron chi connectivity index (χ2n) is 5.56. The monoisotopic (exact) mass is 347 g/mol. The van der Waals surface area contributed by atoms with Gasteiger partial charge < -0.3 is 10.6 Å². The number of amides is 1. The summed E-state index contributed by atoms with van der Waals surface area (Å²) in [6, 6.07) is 5.31. The number of alkyl halides is 3. The fraction of sp³-hybridized carbons (Fsp3) is 0.467. The largest absolute Gasteiger partial charge is 0.417 e. The minimum Gasteiger partial charge on any atom is -0.376 e. The fourth-order valence-corrected chi connectivity index (χ4v) is 1.89. The fourth-order valence-electron chi connectivity index (χ4n) is 1.67. The van der Waals surface area contributed by atoms with Gasteiger partial charge in [0.25, 0.3) is 0 Å². The van der Waals surface area contributed by atoms with Gasteiger partial charge in [-0.3, -0.25) is 4.79 Å². The number of benzene rings is 1. The minimum atomic E-state index is -4.58. The molecule has 0 aliphatic heterocycles. The summed E-state index contributed by atoms with van der Waals surface area (Å²) in [6.45, 7) is 4.89. The Hall–Kier alpha value is -1.94. The quantitative estimate of drug-likeness (QED) is 0.851. The highest BCUT2D eigenvalue weighted by atomic mass is 35.5. The minimum absolute atomic E-state index is 0.111. The van der Waals surface area contributed by atoms with Gasteiger partial charge in [-0.15, -0.1) is 0 Å². The molecule has 0 aromatic heterocycles. The summed E-state index contributed by atoms with van der Waals surface area (Å²) in [6.07, 6.45) is -4.58. The van der Waals surface area contributed by atoms with E-state index < -0.39 is 28.2 Å². The molecule has 0 aliphatic carbocycles. The van der Waals surface area contributed by atoms with Gasteiger partial charge in [-0.2, -0.15) is 18.4 Å². The van der Waals surface area contributed by atoms with Crippen LogP contribution in [0.5, 0.6) is 0 Å². The Balaban J connectivity index is 2.76. The molecule has 1 rings (SSSR count). The second-order valence-corrected chi connectivity index (χ2v) is 5.97. The van der Waals surface area contributed by atoms with E-state index in [0.717, 1.165) is 12.1 Å². The lowest BCUT2D eigenvalue weighted by atomic mass is 9.90. The molecule has 0 aliphatic rings. The molecule has 1 amide bonds. The van der Waals surface area contributed by atoms with Crippen molar-refractivity contribution in [1.82, 2.24) is 5.32 Å². The number of nitrogens with one attached hydrogen (secondary N) is 2. The van der Waals surface area contributed by atoms with E-state index in [1.54, 1.807) is 20.8 Å². The van der Waals surface area contributed by atoms with E-state index in [9.17, 15) is 18.0 Å². The third-order valence-corrected chi connectivity index (χ3v) is 3.84. The van der Waals surface area contributed by atoms with Crippen molar-refractivity contribution in [3.63, 3.8) is 0 Å². The van der Waals surface area contributed by atoms with Crippen molar-refractivity contribution < 1.29 is 18.0 Å². The van der Waals surface area contributed by atoms with Gasteiger partial charge in [-0.05, 0) is 31.0 Å². The molecule has 126 valence electrons. The third-order valence-electron chi connectivity index (χ3n) is 3.51. The summed E-state index contributed by atoms with van der Waals surface area (Å²) < 4.78 is 38.3. The molecule has 0 unspecified atom stereocenters. The Labute approximate surface area is 137 Å². The van der Waals surface area contributed by atoms with Gasteiger partial charge in [0.15, 0.2) is 0 Å². The van der Waals surface area contributed by atoms with Crippen molar-refractivity contribution in [3.8, 4) is 6.07 Å². The first-order chi connectivity index (χ1) is 10.5. The predicted octanol–water partition coefficient (Wildman–Crippen LogP) is 3.83. The average Bonchev–Trinajstić information content (AvgIpc) is 2.44. The van der Waals surface area contributed by atoms with E-state index in [-0.39, 0.29) is 18.2 Å². The molecule has 0 saturated carbocycles. The number of hydrogen-bond acceptors (Lipinski definition) is 3. The zero-order valence-electron chi connectivity index (χ0n) is 12.9. The highest BCUT2D eigenvalue weighted by Crippen LogP contribution is 2.36. The van der Waals surface area contributed by atoms with E-state index in [2.05, 4.69) is 10.6 Å². The third kappa shape index (κ3) is 5.03. The number of rotatable bonds is 5. The summed E-state index contributed by atoms with van der Waals surface area (Å²) in [5.41, 5.74) is -1.91. The maximum atomic E-state index is 12.8. The number of halogens is 4. The number of carbonyl (C=O) groups excluding carboxylic acids is 1. The molecule has 4 nitrogen and oxygen atoms in total. The zero-order chi connectivity index (χ0) is 17.8. The molecule has 0 fully saturated rings. The van der Waals surface area contributed by atoms with E-state index in [1.165, 1.54) is 6.07 Å². The van der Waals surface area contributed by atoms with E-state index in [0.29, 0.717) is 0 Å². The SMILES string of the molecule is CC(C)[C@](C)(C#N)NC(=O)CNc1ccc(Cl)c(C(F)(F)F)c1. The average molecular weight is 348 g/mol. The molecule has 8 heteroatoms. The van der Waals surface area contributed by atoms with Gasteiger partial charge in [0.1, 0.15) is 5.54 Å². The smallest absolute Gasteiger partial charge is 0.376 e. The summed E-state index contributed by atoms with van der Waals surface area (Å²) in [7, 11) is 0. The van der Waals surface area contributed by atoms with Crippen LogP contribution in [0.25, 0.3) is 0 Å². The number of anilines is 1. The number of hydrogen-bond donors (Lipinski definition) is 2. The second kappa shape index (κ2) is 7.09. The molecule has 0 heterocycles. The van der Waals surface area contributed by atoms with Crippen LogP contribution in [0.1, 0.15) is 26.3 Å². The lowest BCUT2D eigenvalue weighted by Crippen LogP contribution is -2.50. The Bertz CT molecular complexity index is 625. The lowest BCUT2D eigenvalue weighted by Gasteiger charge is -2.27. The Kier molecular flexibility index (Phi) is 5.89. The molecule has 2 N–H and O–H groups in total. The Morgan fingerprint density at radius 3 is 2.48 bits per heavy atom. The van der Waals surface area contributed by atoms with Crippen molar-refractivity contribution in [2.45, 2.75) is 32.5 Å². The molecule has 0 spiro atoms. The number of carbonyl (C=O) groups is 1. The maximum absolute atomic E-state index is 12.8. The Morgan fingerprint density at radius 1 is 1.39 bits per heavy atom. The van der Waals surface area contributed by atoms with E-state index >= 15 is 0 Å². The number of nitriles is 1. The van der Waals surface area contributed by atoms with Crippen LogP contribution in [0, 0.1) is 17.2 Å². The van der Waals surface area contributed by atoms with Gasteiger partial charge in [0, 0.05) is 5.69 Å². The highest BCUT2D eigenvalue weighted by molar-refractivity contribution is 6.31. The van der Waals surface area contributed by atoms with Crippen molar-refractivity contribution >= 4 is 23.2 Å². The van der Waals surface area contributed by atoms with Crippen molar-refractivity contribution in [1.29, 1.82) is 5.26 Å². The lowest BCUT2D eigenvalue weighted by molar-refractivity contribution is -0.137. The summed E-state index contributed by atoms with van der Waals surface area (Å²) in [4.78, 5) is 11.9. The van der Waals surface area contributed by atoms with Gasteiger partial charge >= 0.3 is 6.18 Å². The van der Waals surface area contributed by atoms with Gasteiger partial charge in [-0.25, -0.2) is 0 Å². The van der Waals surface area contributed by atoms with Crippen LogP contribution in [-0.4, -0.2) is 18.0 Å². The van der Waals surface area contributed by atoms with Gasteiger partial charge in [0.05, 0.1) is 23.2 Å². The van der Waals surface area contributed by atoms with E-state index in [1.807, 2.05) is 6.07 Å². The first-order valence-corrected chi connectivity index (χ1v) is 7.20. The normalized spacial score (nSPS) is 14.0. The first-order valence-electron chi connectivity index (χ1n) is 6.82. The zero-order valence-corrected chi connectivity index (χ0v) is 13.6. The van der Waals surface area contributed by atoms with Crippen LogP contribution in [0.15, 0.2) is 18.2 Å². The van der Waals surface area contributed by atoms with Crippen LogP contribution >= 0.6 is 11.6 Å². The van der Waals surface area contributed by atoms with Crippen LogP contribution in [-0.2, 0) is 11.0 Å². The molecule has 0 saturated heterocycles. The molecule has 1 aromatic rings. The van der Waals surface area contributed by atoms with Crippen LogP contribution in [0.4, 0.5) is 18.9 Å². The molecule has 1 aromatic carbocycles. The molecule has 1 atom stereocenters. The summed E-state index contributed by atoms with van der Waals surface area (Å²) in [5.74, 6) is -0.616. The standard InChI is InChI=1S/C15H17ClF3N3O/c1-9(2)14(3,8-20)22-13(23)7-21-10-4-5-12(16)11(6-10)15(17,18)19/h4-6,9,21H,7H2,1-3H3,(H,22,23)/t14-/m0/s1. The first kappa shape index (κ1) is 19.1. The summed E-state index contributed by atoms with van der Waals surface area (Å²) in [5, 5.41) is 13.9. The van der Waals surface area contributed by atoms with E-state index in [4.69, 9.17) is 16.9 Å². The van der Waals surface area contributed by atoms with Crippen LogP contribution in [0.3, 0.4) is 0 Å². The van der Waals surface area contributed by atoms with Crippen LogP contribution in [0.2, 0.25) is 5.02 Å². The molecule has 0 radical (unpaired) electrons. The molecular weight excluding hydrogens is 331 g/mol. The van der Waals surface area contributed by atoms with Crippen molar-refractivity contribution in [2.24, 2.45) is 5.92 Å². The topological polar surface area (TPSA) is 64.9 Å². The highest BCUT2D eigenvalue weighted by Gasteiger charge is 2.33. The van der Waals surface area contributed by atoms with Gasteiger partial charge in [-0.1, -0.05) is 25.4 Å². The van der Waals surface area contributed by atoms with Crippen molar-refractivity contribution in [3.05, 3.63) is 28.8 Å². The van der Waals surface area contributed by atoms with Gasteiger partial charge in [0.2, 0.25) is 5.91 Å². The number of nitrogens with zero attached hydrogens (tertiary/aromatic N) is 1. The molecular formula is C15H17ClF3N3O.